The largest absolute Gasteiger partial charge is 0.480 e. The van der Waals surface area contributed by atoms with Crippen LogP contribution in [0.15, 0.2) is 4.42 Å². The number of nitrogens with zero attached hydrogens (tertiary/aromatic N) is 2. The summed E-state index contributed by atoms with van der Waals surface area (Å²) >= 11 is 0. The summed E-state index contributed by atoms with van der Waals surface area (Å²) in [5.41, 5.74) is 10.7. The van der Waals surface area contributed by atoms with Crippen LogP contribution in [0, 0.1) is 0 Å². The van der Waals surface area contributed by atoms with Gasteiger partial charge in [-0.3, -0.25) is 4.79 Å². The minimum absolute atomic E-state index is 0.00370. The summed E-state index contributed by atoms with van der Waals surface area (Å²) in [4.78, 5) is 33.5. The number of amides is 3. The van der Waals surface area contributed by atoms with E-state index < -0.39 is 42.1 Å². The van der Waals surface area contributed by atoms with Gasteiger partial charge in [-0.25, -0.2) is 9.59 Å². The van der Waals surface area contributed by atoms with Crippen LogP contribution in [0.3, 0.4) is 0 Å². The number of aliphatic hydroxyl groups is 1. The zero-order valence-corrected chi connectivity index (χ0v) is 13.1. The van der Waals surface area contributed by atoms with Crippen LogP contribution >= 0.6 is 0 Å². The number of rotatable bonds is 8. The highest BCUT2D eigenvalue weighted by Crippen LogP contribution is 2.16. The molecule has 4 atom stereocenters. The van der Waals surface area contributed by atoms with E-state index in [-0.39, 0.29) is 18.2 Å². The Hall–Kier alpha value is -2.73. The van der Waals surface area contributed by atoms with Crippen molar-refractivity contribution < 1.29 is 29.0 Å². The van der Waals surface area contributed by atoms with Crippen LogP contribution in [0.5, 0.6) is 0 Å². The fourth-order valence-electron chi connectivity index (χ4n) is 1.71. The molecule has 0 radical (unpaired) electrons. The first kappa shape index (κ1) is 19.3. The molecule has 8 N–H and O–H groups in total. The number of nitrogens with two attached hydrogens (primary N) is 2. The number of carboxylic acid groups (broad SMARTS) is 1. The zero-order chi connectivity index (χ0) is 18.4. The summed E-state index contributed by atoms with van der Waals surface area (Å²) < 4.78 is 5.25. The molecule has 0 aliphatic rings. The Morgan fingerprint density at radius 2 is 1.79 bits per heavy atom. The van der Waals surface area contributed by atoms with Crippen molar-refractivity contribution in [1.82, 2.24) is 20.8 Å². The number of carbonyl (C=O) groups excluding carboxylic acids is 2. The van der Waals surface area contributed by atoms with Gasteiger partial charge in [0.05, 0.1) is 18.6 Å². The smallest absolute Gasteiger partial charge is 0.328 e. The van der Waals surface area contributed by atoms with Crippen LogP contribution in [-0.2, 0) is 9.59 Å². The van der Waals surface area contributed by atoms with Crippen molar-refractivity contribution in [3.63, 3.8) is 0 Å². The second-order valence-corrected chi connectivity index (χ2v) is 5.15. The van der Waals surface area contributed by atoms with Crippen molar-refractivity contribution >= 4 is 17.9 Å². The van der Waals surface area contributed by atoms with E-state index in [1.807, 2.05) is 0 Å². The summed E-state index contributed by atoms with van der Waals surface area (Å²) in [6, 6.07) is -3.96. The molecule has 0 aromatic carbocycles. The summed E-state index contributed by atoms with van der Waals surface area (Å²) in [6.45, 7) is 2.74. The van der Waals surface area contributed by atoms with Gasteiger partial charge in [-0.05, 0) is 13.8 Å². The predicted octanol–water partition coefficient (Wildman–Crippen LogP) is -1.86. The molecule has 0 bridgehead atoms. The molecular formula is C12H20N6O6. The number of nitrogens with one attached hydrogen (secondary N) is 2. The first-order chi connectivity index (χ1) is 11.1. The highest BCUT2D eigenvalue weighted by Gasteiger charge is 2.26. The maximum absolute atomic E-state index is 11.8. The molecule has 1 rings (SSSR count). The Bertz CT molecular complexity index is 603. The van der Waals surface area contributed by atoms with Gasteiger partial charge in [0.25, 0.3) is 0 Å². The minimum atomic E-state index is -1.47. The lowest BCUT2D eigenvalue weighted by molar-refractivity contribution is -0.141. The molecule has 1 unspecified atom stereocenters. The van der Waals surface area contributed by atoms with Crippen LogP contribution < -0.4 is 22.1 Å². The number of aliphatic carboxylic acids is 1. The third-order valence-corrected chi connectivity index (χ3v) is 2.95. The fraction of sp³-hybridized carbons (Fsp3) is 0.583. The Kier molecular flexibility index (Phi) is 6.61. The lowest BCUT2D eigenvalue weighted by atomic mass is 10.2. The summed E-state index contributed by atoms with van der Waals surface area (Å²) in [5.74, 6) is -2.04. The third kappa shape index (κ3) is 5.48. The number of hydrogen-bond donors (Lipinski definition) is 6. The fourth-order valence-corrected chi connectivity index (χ4v) is 1.71. The number of carbonyl (C=O) groups is 3. The van der Waals surface area contributed by atoms with Gasteiger partial charge in [0, 0.05) is 0 Å². The van der Waals surface area contributed by atoms with E-state index >= 15 is 0 Å². The van der Waals surface area contributed by atoms with Crippen LogP contribution in [-0.4, -0.2) is 50.5 Å². The Labute approximate surface area is 136 Å². The second kappa shape index (κ2) is 8.21. The molecule has 12 nitrogen and oxygen atoms in total. The number of hydrogen-bond acceptors (Lipinski definition) is 8. The molecule has 1 heterocycles. The van der Waals surface area contributed by atoms with Gasteiger partial charge in [0.15, 0.2) is 6.04 Å². The standard InChI is InChI=1S/C12H20N6O6/c1-4(15-12(23)16-8(5(2)19)11(21)22)9-17-18-10(24-9)6(13)3-7(14)20/h4-6,8,19H,3,13H2,1-2H3,(H2,14,20)(H,21,22)(H2,15,16,23)/t4-,5?,6-,8-/m0/s1. The van der Waals surface area contributed by atoms with E-state index in [4.69, 9.17) is 21.0 Å². The normalized spacial score (nSPS) is 15.8. The highest BCUT2D eigenvalue weighted by atomic mass is 16.4. The predicted molar refractivity (Wildman–Crippen MR) is 78.2 cm³/mol. The quantitative estimate of drug-likeness (QED) is 0.312. The molecule has 0 aliphatic heterocycles. The average Bonchev–Trinajstić information content (AvgIpc) is 2.93. The molecule has 0 fully saturated rings. The van der Waals surface area contributed by atoms with Crippen molar-refractivity contribution in [3.8, 4) is 0 Å². The molecule has 0 spiro atoms. The number of carboxylic acids is 1. The van der Waals surface area contributed by atoms with Crippen molar-refractivity contribution in [3.05, 3.63) is 11.8 Å². The second-order valence-electron chi connectivity index (χ2n) is 5.15. The Balaban J connectivity index is 2.66. The van der Waals surface area contributed by atoms with Gasteiger partial charge in [0.1, 0.15) is 6.04 Å². The molecule has 1 aromatic heterocycles. The van der Waals surface area contributed by atoms with Crippen molar-refractivity contribution in [2.75, 3.05) is 0 Å². The molecular weight excluding hydrogens is 324 g/mol. The van der Waals surface area contributed by atoms with Crippen LogP contribution in [0.4, 0.5) is 4.79 Å². The van der Waals surface area contributed by atoms with Gasteiger partial charge in [0.2, 0.25) is 17.7 Å². The number of aliphatic hydroxyl groups excluding tert-OH is 1. The lowest BCUT2D eigenvalue weighted by Crippen LogP contribution is -2.51. The maximum Gasteiger partial charge on any atom is 0.328 e. The third-order valence-electron chi connectivity index (χ3n) is 2.95. The van der Waals surface area contributed by atoms with E-state index in [0.717, 1.165) is 0 Å². The summed E-state index contributed by atoms with van der Waals surface area (Å²) in [5, 5.41) is 30.0. The summed E-state index contributed by atoms with van der Waals surface area (Å²) in [7, 11) is 0. The monoisotopic (exact) mass is 344 g/mol. The van der Waals surface area contributed by atoms with E-state index in [2.05, 4.69) is 20.8 Å². The van der Waals surface area contributed by atoms with Gasteiger partial charge >= 0.3 is 12.0 Å². The van der Waals surface area contributed by atoms with Crippen LogP contribution in [0.25, 0.3) is 0 Å². The molecule has 0 saturated heterocycles. The lowest BCUT2D eigenvalue weighted by Gasteiger charge is -2.18. The van der Waals surface area contributed by atoms with Crippen molar-refractivity contribution in [2.24, 2.45) is 11.5 Å². The number of primary amides is 1. The molecule has 1 aromatic rings. The zero-order valence-electron chi connectivity index (χ0n) is 13.1. The average molecular weight is 344 g/mol. The molecule has 24 heavy (non-hydrogen) atoms. The molecule has 3 amide bonds. The van der Waals surface area contributed by atoms with E-state index in [0.29, 0.717) is 0 Å². The van der Waals surface area contributed by atoms with Crippen LogP contribution in [0.1, 0.15) is 44.1 Å². The van der Waals surface area contributed by atoms with Gasteiger partial charge in [-0.2, -0.15) is 0 Å². The van der Waals surface area contributed by atoms with Gasteiger partial charge in [-0.1, -0.05) is 0 Å². The van der Waals surface area contributed by atoms with E-state index in [1.165, 1.54) is 13.8 Å². The van der Waals surface area contributed by atoms with E-state index in [9.17, 15) is 19.5 Å². The molecule has 0 saturated carbocycles. The molecule has 134 valence electrons. The SMILES string of the molecule is CC(O)[C@H](NC(=O)N[C@@H](C)c1nnc([C@@H](N)CC(N)=O)o1)C(=O)O. The highest BCUT2D eigenvalue weighted by molar-refractivity contribution is 5.83. The van der Waals surface area contributed by atoms with Crippen molar-refractivity contribution in [1.29, 1.82) is 0 Å². The van der Waals surface area contributed by atoms with Crippen molar-refractivity contribution in [2.45, 2.75) is 44.5 Å². The number of aromatic nitrogens is 2. The van der Waals surface area contributed by atoms with E-state index in [1.54, 1.807) is 0 Å². The minimum Gasteiger partial charge on any atom is -0.480 e. The molecule has 12 heteroatoms. The van der Waals surface area contributed by atoms with Gasteiger partial charge < -0.3 is 36.7 Å². The Morgan fingerprint density at radius 3 is 2.29 bits per heavy atom. The first-order valence-corrected chi connectivity index (χ1v) is 6.96. The molecule has 0 aliphatic carbocycles. The van der Waals surface area contributed by atoms with Crippen LogP contribution in [0.2, 0.25) is 0 Å². The topological polar surface area (TPSA) is 207 Å². The number of urea groups is 1. The van der Waals surface area contributed by atoms with Gasteiger partial charge in [-0.15, -0.1) is 10.2 Å². The Morgan fingerprint density at radius 1 is 1.21 bits per heavy atom. The maximum atomic E-state index is 11.8. The first-order valence-electron chi connectivity index (χ1n) is 6.96. The summed E-state index contributed by atoms with van der Waals surface area (Å²) in [6.07, 6.45) is -1.47.